The summed E-state index contributed by atoms with van der Waals surface area (Å²) < 4.78 is 17.1. The maximum atomic E-state index is 13.7. The molecule has 6 nitrogen and oxygen atoms in total. The summed E-state index contributed by atoms with van der Waals surface area (Å²) in [7, 11) is 4.47. The van der Waals surface area contributed by atoms with Gasteiger partial charge in [0.2, 0.25) is 11.7 Å². The summed E-state index contributed by atoms with van der Waals surface area (Å²) in [6.45, 7) is 1.37. The molecule has 0 fully saturated rings. The fourth-order valence-electron chi connectivity index (χ4n) is 3.20. The van der Waals surface area contributed by atoms with E-state index >= 15 is 0 Å². The summed E-state index contributed by atoms with van der Waals surface area (Å²) >= 11 is 3.45. The molecule has 0 radical (unpaired) electrons. The highest BCUT2D eigenvalue weighted by molar-refractivity contribution is 9.10. The van der Waals surface area contributed by atoms with Crippen molar-refractivity contribution < 1.29 is 23.8 Å². The fourth-order valence-corrected chi connectivity index (χ4v) is 3.58. The number of carbonyl (C=O) groups excluding carboxylic acids is 2. The Hall–Kier alpha value is -3.06. The number of benzene rings is 3. The lowest BCUT2D eigenvalue weighted by Crippen LogP contribution is -2.14. The molecule has 150 valence electrons. The maximum absolute atomic E-state index is 13.7. The van der Waals surface area contributed by atoms with E-state index in [0.717, 1.165) is 15.2 Å². The number of ether oxygens (including phenoxy) is 3. The second kappa shape index (κ2) is 8.53. The first-order valence-corrected chi connectivity index (χ1v) is 9.53. The Morgan fingerprint density at radius 1 is 0.862 bits per heavy atom. The Morgan fingerprint density at radius 2 is 1.59 bits per heavy atom. The molecule has 29 heavy (non-hydrogen) atoms. The molecule has 0 bridgehead atoms. The van der Waals surface area contributed by atoms with Crippen LogP contribution < -0.4 is 19.5 Å². The third-order valence-electron chi connectivity index (χ3n) is 4.46. The van der Waals surface area contributed by atoms with Crippen molar-refractivity contribution in [2.45, 2.75) is 6.92 Å². The highest BCUT2D eigenvalue weighted by Gasteiger charge is 2.26. The lowest BCUT2D eigenvalue weighted by Gasteiger charge is -2.17. The summed E-state index contributed by atoms with van der Waals surface area (Å²) in [4.78, 5) is 25.5. The zero-order valence-corrected chi connectivity index (χ0v) is 18.0. The summed E-state index contributed by atoms with van der Waals surface area (Å²) in [5.74, 6) is 0.517. The van der Waals surface area contributed by atoms with Gasteiger partial charge in [-0.3, -0.25) is 9.59 Å². The number of hydrogen-bond acceptors (Lipinski definition) is 5. The molecule has 0 atom stereocenters. The Bertz CT molecular complexity index is 1110. The van der Waals surface area contributed by atoms with Gasteiger partial charge >= 0.3 is 0 Å². The van der Waals surface area contributed by atoms with E-state index < -0.39 is 0 Å². The number of amides is 1. The number of carbonyl (C=O) groups is 2. The second-order valence-corrected chi connectivity index (χ2v) is 7.19. The molecule has 1 N–H and O–H groups in total. The Labute approximate surface area is 176 Å². The van der Waals surface area contributed by atoms with Crippen molar-refractivity contribution in [2.75, 3.05) is 26.6 Å². The second-order valence-electron chi connectivity index (χ2n) is 6.27. The van der Waals surface area contributed by atoms with Crippen LogP contribution in [0, 0.1) is 0 Å². The van der Waals surface area contributed by atoms with Gasteiger partial charge in [0.05, 0.1) is 38.1 Å². The lowest BCUT2D eigenvalue weighted by molar-refractivity contribution is -0.114. The molecule has 7 heteroatoms. The van der Waals surface area contributed by atoms with Crippen LogP contribution in [0.2, 0.25) is 0 Å². The molecule has 0 unspecified atom stereocenters. The number of hydrogen-bond donors (Lipinski definition) is 1. The molecule has 3 rings (SSSR count). The molecule has 0 aliphatic heterocycles. The average molecular weight is 458 g/mol. The Balaban J connectivity index is 2.32. The van der Waals surface area contributed by atoms with E-state index in [0.29, 0.717) is 22.7 Å². The van der Waals surface area contributed by atoms with E-state index in [-0.39, 0.29) is 23.0 Å². The Kier molecular flexibility index (Phi) is 6.08. The molecule has 0 heterocycles. The van der Waals surface area contributed by atoms with Crippen LogP contribution >= 0.6 is 15.9 Å². The first kappa shape index (κ1) is 20.7. The van der Waals surface area contributed by atoms with Gasteiger partial charge in [-0.1, -0.05) is 28.1 Å². The molecule has 0 aliphatic carbocycles. The van der Waals surface area contributed by atoms with Gasteiger partial charge in [-0.25, -0.2) is 0 Å². The zero-order valence-electron chi connectivity index (χ0n) is 16.5. The minimum Gasteiger partial charge on any atom is -0.497 e. The molecule has 0 saturated heterocycles. The van der Waals surface area contributed by atoms with E-state index in [2.05, 4.69) is 21.2 Å². The minimum atomic E-state index is -0.335. The number of ketones is 1. The van der Waals surface area contributed by atoms with Crippen molar-refractivity contribution in [3.8, 4) is 17.2 Å². The number of halogens is 1. The molecular formula is C22H20BrNO5. The molecule has 3 aromatic rings. The van der Waals surface area contributed by atoms with E-state index in [1.807, 2.05) is 24.3 Å². The van der Waals surface area contributed by atoms with E-state index in [9.17, 15) is 9.59 Å². The first-order chi connectivity index (χ1) is 13.9. The highest BCUT2D eigenvalue weighted by Crippen LogP contribution is 2.38. The average Bonchev–Trinajstić information content (AvgIpc) is 2.71. The van der Waals surface area contributed by atoms with Gasteiger partial charge < -0.3 is 19.5 Å². The van der Waals surface area contributed by atoms with E-state index in [4.69, 9.17) is 14.2 Å². The third-order valence-corrected chi connectivity index (χ3v) is 4.95. The van der Waals surface area contributed by atoms with Crippen LogP contribution in [0.3, 0.4) is 0 Å². The van der Waals surface area contributed by atoms with Crippen molar-refractivity contribution in [3.05, 3.63) is 58.1 Å². The topological polar surface area (TPSA) is 73.9 Å². The van der Waals surface area contributed by atoms with Crippen LogP contribution in [0.15, 0.2) is 46.9 Å². The quantitative estimate of drug-likeness (QED) is 0.537. The monoisotopic (exact) mass is 457 g/mol. The molecular weight excluding hydrogens is 438 g/mol. The van der Waals surface area contributed by atoms with Crippen molar-refractivity contribution in [1.29, 1.82) is 0 Å². The minimum absolute atomic E-state index is 0.220. The standard InChI is InChI=1S/C22H20BrNO5/c1-12(25)24-17-10-15(27-2)11-19(29-4)21(17)22(26)20-16-7-6-14(23)9-13(16)5-8-18(20)28-3/h5-11H,1-4H3,(H,24,25). The van der Waals surface area contributed by atoms with Gasteiger partial charge in [0.1, 0.15) is 17.2 Å². The molecule has 0 aromatic heterocycles. The zero-order chi connectivity index (χ0) is 21.1. The smallest absolute Gasteiger partial charge is 0.221 e. The van der Waals surface area contributed by atoms with Crippen LogP contribution in [-0.2, 0) is 4.79 Å². The van der Waals surface area contributed by atoms with Crippen LogP contribution in [0.25, 0.3) is 10.8 Å². The number of fused-ring (bicyclic) bond motifs is 1. The van der Waals surface area contributed by atoms with Gasteiger partial charge in [-0.2, -0.15) is 0 Å². The predicted molar refractivity (Wildman–Crippen MR) is 115 cm³/mol. The molecule has 3 aromatic carbocycles. The Morgan fingerprint density at radius 3 is 2.21 bits per heavy atom. The number of nitrogens with one attached hydrogen (secondary N) is 1. The van der Waals surface area contributed by atoms with E-state index in [1.54, 1.807) is 18.2 Å². The van der Waals surface area contributed by atoms with Gasteiger partial charge in [0, 0.05) is 23.5 Å². The molecule has 1 amide bonds. The predicted octanol–water partition coefficient (Wildman–Crippen LogP) is 4.82. The van der Waals surface area contributed by atoms with Crippen molar-refractivity contribution >= 4 is 44.1 Å². The summed E-state index contributed by atoms with van der Waals surface area (Å²) in [6, 6.07) is 12.5. The molecule has 0 spiro atoms. The number of anilines is 1. The fraction of sp³-hybridized carbons (Fsp3) is 0.182. The van der Waals surface area contributed by atoms with Gasteiger partial charge in [-0.05, 0) is 29.0 Å². The summed E-state index contributed by atoms with van der Waals surface area (Å²) in [5.41, 5.74) is 0.902. The highest BCUT2D eigenvalue weighted by atomic mass is 79.9. The maximum Gasteiger partial charge on any atom is 0.221 e. The van der Waals surface area contributed by atoms with Crippen molar-refractivity contribution in [1.82, 2.24) is 0 Å². The van der Waals surface area contributed by atoms with Crippen LogP contribution in [0.4, 0.5) is 5.69 Å². The summed E-state index contributed by atoms with van der Waals surface area (Å²) in [6.07, 6.45) is 0. The normalized spacial score (nSPS) is 10.5. The first-order valence-electron chi connectivity index (χ1n) is 8.74. The lowest BCUT2D eigenvalue weighted by atomic mass is 9.94. The van der Waals surface area contributed by atoms with Crippen LogP contribution in [-0.4, -0.2) is 33.0 Å². The van der Waals surface area contributed by atoms with Crippen LogP contribution in [0.1, 0.15) is 22.8 Å². The van der Waals surface area contributed by atoms with Gasteiger partial charge in [-0.15, -0.1) is 0 Å². The molecule has 0 saturated carbocycles. The van der Waals surface area contributed by atoms with Crippen LogP contribution in [0.5, 0.6) is 17.2 Å². The van der Waals surface area contributed by atoms with Crippen molar-refractivity contribution in [3.63, 3.8) is 0 Å². The number of rotatable bonds is 6. The van der Waals surface area contributed by atoms with Gasteiger partial charge in [0.15, 0.2) is 0 Å². The SMILES string of the molecule is COc1cc(NC(C)=O)c(C(=O)c2c(OC)ccc3cc(Br)ccc23)c(OC)c1. The van der Waals surface area contributed by atoms with Crippen molar-refractivity contribution in [2.24, 2.45) is 0 Å². The summed E-state index contributed by atoms with van der Waals surface area (Å²) in [5, 5.41) is 4.30. The number of methoxy groups -OCH3 is 3. The third kappa shape index (κ3) is 4.05. The molecule has 0 aliphatic rings. The van der Waals surface area contributed by atoms with Gasteiger partial charge in [0.25, 0.3) is 0 Å². The van der Waals surface area contributed by atoms with E-state index in [1.165, 1.54) is 28.3 Å². The largest absolute Gasteiger partial charge is 0.497 e.